The molecular formula is C21H24O4. The minimum Gasteiger partial charge on any atom is -0.480 e. The Morgan fingerprint density at radius 1 is 1.04 bits per heavy atom. The molecule has 0 spiro atoms. The number of benzene rings is 1. The maximum Gasteiger partial charge on any atom is 0.331 e. The van der Waals surface area contributed by atoms with Gasteiger partial charge in [0.2, 0.25) is 0 Å². The number of hydrogen-bond donors (Lipinski definition) is 2. The number of carboxylic acid groups (broad SMARTS) is 2. The Labute approximate surface area is 147 Å². The standard InChI is InChI=1S/C21H24O4/c1-14-11-17(19(22)23)13-21(12-14,20(24)25)18-9-7-16(8-10-18)15-5-3-2-4-6-15/h7-12,15H,2-6,13H2,1H3,(H,22,23)(H,24,25). The van der Waals surface area contributed by atoms with Gasteiger partial charge < -0.3 is 10.2 Å². The molecular weight excluding hydrogens is 316 g/mol. The Morgan fingerprint density at radius 3 is 2.24 bits per heavy atom. The molecule has 0 amide bonds. The summed E-state index contributed by atoms with van der Waals surface area (Å²) in [5.74, 6) is -1.51. The van der Waals surface area contributed by atoms with Gasteiger partial charge in [0.15, 0.2) is 0 Å². The summed E-state index contributed by atoms with van der Waals surface area (Å²) in [7, 11) is 0. The number of carboxylic acids is 2. The van der Waals surface area contributed by atoms with Crippen LogP contribution in [0.5, 0.6) is 0 Å². The first-order valence-corrected chi connectivity index (χ1v) is 8.89. The van der Waals surface area contributed by atoms with Gasteiger partial charge in [-0.05, 0) is 42.9 Å². The molecule has 2 aliphatic carbocycles. The first-order valence-electron chi connectivity index (χ1n) is 8.89. The van der Waals surface area contributed by atoms with Gasteiger partial charge in [-0.3, -0.25) is 4.79 Å². The quantitative estimate of drug-likeness (QED) is 0.851. The van der Waals surface area contributed by atoms with Crippen molar-refractivity contribution in [3.63, 3.8) is 0 Å². The van der Waals surface area contributed by atoms with E-state index in [0.717, 1.165) is 0 Å². The van der Waals surface area contributed by atoms with Crippen molar-refractivity contribution in [1.29, 1.82) is 0 Å². The average molecular weight is 340 g/mol. The molecule has 0 heterocycles. The van der Waals surface area contributed by atoms with Crippen LogP contribution in [0.3, 0.4) is 0 Å². The highest BCUT2D eigenvalue weighted by Crippen LogP contribution is 2.39. The van der Waals surface area contributed by atoms with E-state index in [1.807, 2.05) is 24.3 Å². The Hall–Kier alpha value is -2.36. The number of aliphatic carboxylic acids is 2. The first kappa shape index (κ1) is 17.5. The third kappa shape index (κ3) is 3.39. The van der Waals surface area contributed by atoms with Gasteiger partial charge >= 0.3 is 11.9 Å². The predicted octanol–water partition coefficient (Wildman–Crippen LogP) is 4.42. The third-order valence-electron chi connectivity index (χ3n) is 5.50. The van der Waals surface area contributed by atoms with E-state index in [-0.39, 0.29) is 12.0 Å². The van der Waals surface area contributed by atoms with Crippen LogP contribution >= 0.6 is 0 Å². The number of allylic oxidation sites excluding steroid dienone is 2. The Balaban J connectivity index is 1.95. The van der Waals surface area contributed by atoms with E-state index in [1.54, 1.807) is 19.1 Å². The van der Waals surface area contributed by atoms with E-state index in [9.17, 15) is 19.8 Å². The summed E-state index contributed by atoms with van der Waals surface area (Å²) in [5, 5.41) is 19.3. The molecule has 1 atom stereocenters. The van der Waals surface area contributed by atoms with Crippen molar-refractivity contribution in [2.45, 2.75) is 56.8 Å². The van der Waals surface area contributed by atoms with Crippen LogP contribution in [0.15, 0.2) is 47.6 Å². The second-order valence-electron chi connectivity index (χ2n) is 7.27. The number of rotatable bonds is 4. The lowest BCUT2D eigenvalue weighted by molar-refractivity contribution is -0.142. The molecule has 0 saturated heterocycles. The zero-order valence-electron chi connectivity index (χ0n) is 14.5. The molecule has 4 nitrogen and oxygen atoms in total. The van der Waals surface area contributed by atoms with Gasteiger partial charge in [0, 0.05) is 12.0 Å². The SMILES string of the molecule is CC1=CC(C(=O)O)(c2ccc(C3CCCCC3)cc2)CC(C(=O)O)=C1. The molecule has 2 N–H and O–H groups in total. The summed E-state index contributed by atoms with van der Waals surface area (Å²) in [5.41, 5.74) is 1.40. The van der Waals surface area contributed by atoms with Crippen LogP contribution in [0.1, 0.15) is 62.5 Å². The van der Waals surface area contributed by atoms with Gasteiger partial charge in [-0.1, -0.05) is 55.2 Å². The summed E-state index contributed by atoms with van der Waals surface area (Å²) < 4.78 is 0. The van der Waals surface area contributed by atoms with E-state index in [1.165, 1.54) is 37.7 Å². The van der Waals surface area contributed by atoms with Gasteiger partial charge in [-0.25, -0.2) is 4.79 Å². The minimum absolute atomic E-state index is 0.0300. The van der Waals surface area contributed by atoms with Crippen molar-refractivity contribution in [2.75, 3.05) is 0 Å². The van der Waals surface area contributed by atoms with E-state index < -0.39 is 17.4 Å². The smallest absolute Gasteiger partial charge is 0.331 e. The summed E-state index contributed by atoms with van der Waals surface area (Å²) in [6.07, 6.45) is 9.38. The molecule has 132 valence electrons. The molecule has 25 heavy (non-hydrogen) atoms. The molecule has 1 unspecified atom stereocenters. The lowest BCUT2D eigenvalue weighted by Gasteiger charge is -2.31. The maximum atomic E-state index is 12.1. The van der Waals surface area contributed by atoms with Crippen LogP contribution in [0.25, 0.3) is 0 Å². The van der Waals surface area contributed by atoms with E-state index in [2.05, 4.69) is 0 Å². The van der Waals surface area contributed by atoms with Crippen LogP contribution in [-0.4, -0.2) is 22.2 Å². The highest BCUT2D eigenvalue weighted by atomic mass is 16.4. The summed E-state index contributed by atoms with van der Waals surface area (Å²) in [6.45, 7) is 1.75. The zero-order chi connectivity index (χ0) is 18.0. The van der Waals surface area contributed by atoms with E-state index >= 15 is 0 Å². The lowest BCUT2D eigenvalue weighted by Crippen LogP contribution is -2.37. The lowest BCUT2D eigenvalue weighted by atomic mass is 9.71. The van der Waals surface area contributed by atoms with E-state index in [0.29, 0.717) is 17.1 Å². The van der Waals surface area contributed by atoms with Gasteiger partial charge in [-0.2, -0.15) is 0 Å². The number of carbonyl (C=O) groups is 2. The highest BCUT2D eigenvalue weighted by molar-refractivity contribution is 5.93. The number of hydrogen-bond acceptors (Lipinski definition) is 2. The fourth-order valence-corrected chi connectivity index (χ4v) is 4.18. The molecule has 1 aromatic carbocycles. The summed E-state index contributed by atoms with van der Waals surface area (Å²) in [4.78, 5) is 23.5. The zero-order valence-corrected chi connectivity index (χ0v) is 14.5. The van der Waals surface area contributed by atoms with Crippen molar-refractivity contribution in [3.8, 4) is 0 Å². The Bertz CT molecular complexity index is 736. The van der Waals surface area contributed by atoms with Crippen LogP contribution < -0.4 is 0 Å². The van der Waals surface area contributed by atoms with Gasteiger partial charge in [0.25, 0.3) is 0 Å². The largest absolute Gasteiger partial charge is 0.480 e. The second kappa shape index (κ2) is 6.87. The van der Waals surface area contributed by atoms with Crippen molar-refractivity contribution in [3.05, 3.63) is 58.7 Å². The first-order chi connectivity index (χ1) is 11.9. The molecule has 1 saturated carbocycles. The molecule has 1 fully saturated rings. The third-order valence-corrected chi connectivity index (χ3v) is 5.50. The van der Waals surface area contributed by atoms with Crippen molar-refractivity contribution < 1.29 is 19.8 Å². The monoisotopic (exact) mass is 340 g/mol. The van der Waals surface area contributed by atoms with Gasteiger partial charge in [0.05, 0.1) is 0 Å². The Morgan fingerprint density at radius 2 is 1.68 bits per heavy atom. The normalized spacial score (nSPS) is 24.4. The van der Waals surface area contributed by atoms with Crippen LogP contribution in [0.2, 0.25) is 0 Å². The molecule has 3 rings (SSSR count). The van der Waals surface area contributed by atoms with Gasteiger partial charge in [-0.15, -0.1) is 0 Å². The molecule has 4 heteroatoms. The molecule has 0 aliphatic heterocycles. The fourth-order valence-electron chi connectivity index (χ4n) is 4.18. The van der Waals surface area contributed by atoms with Crippen LogP contribution in [0, 0.1) is 0 Å². The predicted molar refractivity (Wildman–Crippen MR) is 95.7 cm³/mol. The minimum atomic E-state index is -1.31. The van der Waals surface area contributed by atoms with Crippen LogP contribution in [-0.2, 0) is 15.0 Å². The van der Waals surface area contributed by atoms with E-state index in [4.69, 9.17) is 0 Å². The summed E-state index contributed by atoms with van der Waals surface area (Å²) in [6, 6.07) is 7.79. The second-order valence-corrected chi connectivity index (χ2v) is 7.27. The maximum absolute atomic E-state index is 12.1. The topological polar surface area (TPSA) is 74.6 Å². The van der Waals surface area contributed by atoms with Crippen LogP contribution in [0.4, 0.5) is 0 Å². The van der Waals surface area contributed by atoms with Crippen molar-refractivity contribution in [1.82, 2.24) is 0 Å². The molecule has 1 aromatic rings. The van der Waals surface area contributed by atoms with Crippen molar-refractivity contribution >= 4 is 11.9 Å². The molecule has 0 radical (unpaired) electrons. The van der Waals surface area contributed by atoms with Crippen molar-refractivity contribution in [2.24, 2.45) is 0 Å². The molecule has 0 bridgehead atoms. The summed E-state index contributed by atoms with van der Waals surface area (Å²) >= 11 is 0. The molecule has 2 aliphatic rings. The van der Waals surface area contributed by atoms with Gasteiger partial charge in [0.1, 0.15) is 5.41 Å². The fraction of sp³-hybridized carbons (Fsp3) is 0.429. The average Bonchev–Trinajstić information content (AvgIpc) is 2.62. The Kier molecular flexibility index (Phi) is 4.80. The molecule has 0 aromatic heterocycles. The highest BCUT2D eigenvalue weighted by Gasteiger charge is 2.42.